The quantitative estimate of drug-likeness (QED) is 0.856. The Morgan fingerprint density at radius 2 is 1.83 bits per heavy atom. The maximum Gasteiger partial charge on any atom is 0.130 e. The van der Waals surface area contributed by atoms with Crippen LogP contribution in [0.1, 0.15) is 55.7 Å². The second kappa shape index (κ2) is 5.79. The Balaban J connectivity index is 2.08. The Hall–Kier alpha value is -0.960. The van der Waals surface area contributed by atoms with Crippen LogP contribution in [0.15, 0.2) is 12.1 Å². The average Bonchev–Trinajstić information content (AvgIpc) is 2.35. The number of hydrogen-bond acceptors (Lipinski definition) is 1. The molecule has 1 aromatic carbocycles. The van der Waals surface area contributed by atoms with E-state index in [0.717, 1.165) is 12.5 Å². The third kappa shape index (κ3) is 3.08. The molecule has 0 saturated heterocycles. The van der Waals surface area contributed by atoms with E-state index in [-0.39, 0.29) is 6.04 Å². The van der Waals surface area contributed by atoms with E-state index in [9.17, 15) is 8.78 Å². The van der Waals surface area contributed by atoms with E-state index in [1.165, 1.54) is 32.1 Å². The summed E-state index contributed by atoms with van der Waals surface area (Å²) in [6.45, 7) is 1.64. The highest BCUT2D eigenvalue weighted by Gasteiger charge is 2.20. The van der Waals surface area contributed by atoms with Gasteiger partial charge in [-0.05, 0) is 30.9 Å². The summed E-state index contributed by atoms with van der Waals surface area (Å²) in [6, 6.07) is 2.19. The molecule has 3 heteroatoms. The van der Waals surface area contributed by atoms with E-state index in [4.69, 9.17) is 5.73 Å². The van der Waals surface area contributed by atoms with Gasteiger partial charge in [0.25, 0.3) is 0 Å². The SMILES string of the molecule is Cc1cc(C(N)CC2CCCCC2)c(F)cc1F. The minimum atomic E-state index is -0.513. The van der Waals surface area contributed by atoms with Crippen molar-refractivity contribution >= 4 is 0 Å². The molecule has 0 spiro atoms. The third-order valence-electron chi connectivity index (χ3n) is 3.99. The monoisotopic (exact) mass is 253 g/mol. The van der Waals surface area contributed by atoms with E-state index >= 15 is 0 Å². The summed E-state index contributed by atoms with van der Waals surface area (Å²) in [5.74, 6) is -0.416. The van der Waals surface area contributed by atoms with Crippen LogP contribution in [0.2, 0.25) is 0 Å². The zero-order valence-corrected chi connectivity index (χ0v) is 10.9. The van der Waals surface area contributed by atoms with Gasteiger partial charge in [-0.15, -0.1) is 0 Å². The molecule has 1 fully saturated rings. The first-order valence-electron chi connectivity index (χ1n) is 6.79. The Labute approximate surface area is 107 Å². The molecule has 18 heavy (non-hydrogen) atoms. The van der Waals surface area contributed by atoms with E-state index in [2.05, 4.69) is 0 Å². The van der Waals surface area contributed by atoms with Crippen LogP contribution in [0.5, 0.6) is 0 Å². The van der Waals surface area contributed by atoms with Crippen molar-refractivity contribution < 1.29 is 8.78 Å². The summed E-state index contributed by atoms with van der Waals surface area (Å²) < 4.78 is 26.9. The lowest BCUT2D eigenvalue weighted by atomic mass is 9.83. The maximum atomic E-state index is 13.7. The first kappa shape index (κ1) is 13.5. The summed E-state index contributed by atoms with van der Waals surface area (Å²) >= 11 is 0. The molecule has 1 aliphatic rings. The second-order valence-corrected chi connectivity index (χ2v) is 5.47. The Morgan fingerprint density at radius 1 is 1.17 bits per heavy atom. The molecule has 2 N–H and O–H groups in total. The minimum Gasteiger partial charge on any atom is -0.324 e. The zero-order valence-electron chi connectivity index (χ0n) is 10.9. The van der Waals surface area contributed by atoms with Crippen LogP contribution in [0.4, 0.5) is 8.78 Å². The number of aryl methyl sites for hydroxylation is 1. The average molecular weight is 253 g/mol. The van der Waals surface area contributed by atoms with Crippen molar-refractivity contribution in [2.45, 2.75) is 51.5 Å². The summed E-state index contributed by atoms with van der Waals surface area (Å²) in [5, 5.41) is 0. The van der Waals surface area contributed by atoms with Crippen molar-refractivity contribution in [1.82, 2.24) is 0 Å². The molecule has 0 aliphatic heterocycles. The van der Waals surface area contributed by atoms with Crippen LogP contribution < -0.4 is 5.73 Å². The topological polar surface area (TPSA) is 26.0 Å². The number of hydrogen-bond donors (Lipinski definition) is 1. The molecule has 0 amide bonds. The Bertz CT molecular complexity index is 411. The summed E-state index contributed by atoms with van der Waals surface area (Å²) in [5.41, 5.74) is 7.00. The molecule has 100 valence electrons. The first-order chi connectivity index (χ1) is 8.58. The highest BCUT2D eigenvalue weighted by atomic mass is 19.1. The minimum absolute atomic E-state index is 0.313. The zero-order chi connectivity index (χ0) is 13.1. The molecule has 1 saturated carbocycles. The molecule has 0 bridgehead atoms. The fourth-order valence-corrected chi connectivity index (χ4v) is 2.87. The van der Waals surface area contributed by atoms with Gasteiger partial charge in [-0.2, -0.15) is 0 Å². The van der Waals surface area contributed by atoms with Gasteiger partial charge in [0.15, 0.2) is 0 Å². The largest absolute Gasteiger partial charge is 0.324 e. The van der Waals surface area contributed by atoms with Crippen LogP contribution in [0.25, 0.3) is 0 Å². The van der Waals surface area contributed by atoms with Crippen molar-refractivity contribution in [1.29, 1.82) is 0 Å². The van der Waals surface area contributed by atoms with Crippen LogP contribution in [-0.4, -0.2) is 0 Å². The van der Waals surface area contributed by atoms with Crippen LogP contribution in [-0.2, 0) is 0 Å². The van der Waals surface area contributed by atoms with Gasteiger partial charge in [0.2, 0.25) is 0 Å². The Kier molecular flexibility index (Phi) is 4.33. The molecule has 2 rings (SSSR count). The lowest BCUT2D eigenvalue weighted by Gasteiger charge is -2.25. The third-order valence-corrected chi connectivity index (χ3v) is 3.99. The van der Waals surface area contributed by atoms with E-state index in [1.807, 2.05) is 0 Å². The van der Waals surface area contributed by atoms with E-state index < -0.39 is 11.6 Å². The normalized spacial score (nSPS) is 18.9. The Morgan fingerprint density at radius 3 is 2.50 bits per heavy atom. The number of nitrogens with two attached hydrogens (primary N) is 1. The number of rotatable bonds is 3. The molecule has 1 aromatic rings. The smallest absolute Gasteiger partial charge is 0.130 e. The summed E-state index contributed by atoms with van der Waals surface area (Å²) in [7, 11) is 0. The van der Waals surface area contributed by atoms with E-state index in [0.29, 0.717) is 17.0 Å². The molecule has 0 heterocycles. The molecule has 0 radical (unpaired) electrons. The summed E-state index contributed by atoms with van der Waals surface area (Å²) in [6.07, 6.45) is 6.99. The van der Waals surface area contributed by atoms with Gasteiger partial charge in [-0.1, -0.05) is 32.1 Å². The summed E-state index contributed by atoms with van der Waals surface area (Å²) in [4.78, 5) is 0. The van der Waals surface area contributed by atoms with Gasteiger partial charge >= 0.3 is 0 Å². The van der Waals surface area contributed by atoms with E-state index in [1.54, 1.807) is 13.0 Å². The fourth-order valence-electron chi connectivity index (χ4n) is 2.87. The standard InChI is InChI=1S/C15H21F2N/c1-10-7-12(14(17)9-13(10)16)15(18)8-11-5-3-2-4-6-11/h7,9,11,15H,2-6,8,18H2,1H3. The molecule has 1 unspecified atom stereocenters. The molecule has 0 aromatic heterocycles. The molecular formula is C15H21F2N. The highest BCUT2D eigenvalue weighted by molar-refractivity contribution is 5.28. The van der Waals surface area contributed by atoms with Gasteiger partial charge < -0.3 is 5.73 Å². The van der Waals surface area contributed by atoms with Gasteiger partial charge in [-0.25, -0.2) is 8.78 Å². The lowest BCUT2D eigenvalue weighted by molar-refractivity contribution is 0.317. The van der Waals surface area contributed by atoms with Gasteiger partial charge in [-0.3, -0.25) is 0 Å². The maximum absolute atomic E-state index is 13.7. The fraction of sp³-hybridized carbons (Fsp3) is 0.600. The second-order valence-electron chi connectivity index (χ2n) is 5.47. The molecule has 1 aliphatic carbocycles. The molecular weight excluding hydrogens is 232 g/mol. The van der Waals surface area contributed by atoms with Crippen molar-refractivity contribution in [2.24, 2.45) is 11.7 Å². The van der Waals surface area contributed by atoms with Crippen molar-refractivity contribution in [3.8, 4) is 0 Å². The lowest BCUT2D eigenvalue weighted by Crippen LogP contribution is -2.19. The first-order valence-corrected chi connectivity index (χ1v) is 6.79. The number of benzene rings is 1. The molecule has 1 atom stereocenters. The van der Waals surface area contributed by atoms with Gasteiger partial charge in [0.1, 0.15) is 11.6 Å². The van der Waals surface area contributed by atoms with Gasteiger partial charge in [0, 0.05) is 17.7 Å². The number of halogens is 2. The van der Waals surface area contributed by atoms with Gasteiger partial charge in [0.05, 0.1) is 0 Å². The molecule has 1 nitrogen and oxygen atoms in total. The predicted molar refractivity (Wildman–Crippen MR) is 69.2 cm³/mol. The van der Waals surface area contributed by atoms with Crippen LogP contribution in [0, 0.1) is 24.5 Å². The van der Waals surface area contributed by atoms with Crippen molar-refractivity contribution in [3.05, 3.63) is 34.9 Å². The highest BCUT2D eigenvalue weighted by Crippen LogP contribution is 2.32. The van der Waals surface area contributed by atoms with Crippen molar-refractivity contribution in [3.63, 3.8) is 0 Å². The van der Waals surface area contributed by atoms with Crippen LogP contribution in [0.3, 0.4) is 0 Å². The predicted octanol–water partition coefficient (Wildman–Crippen LogP) is 4.24. The van der Waals surface area contributed by atoms with Crippen LogP contribution >= 0.6 is 0 Å². The van der Waals surface area contributed by atoms with Crippen molar-refractivity contribution in [2.75, 3.05) is 0 Å².